The average molecular weight is 1200 g/mol. The molecule has 8 heterocycles. The van der Waals surface area contributed by atoms with E-state index in [2.05, 4.69) is 190 Å². The van der Waals surface area contributed by atoms with Gasteiger partial charge in [-0.1, -0.05) is 176 Å². The Labute approximate surface area is 532 Å². The zero-order chi connectivity index (χ0) is 61.3. The van der Waals surface area contributed by atoms with E-state index in [4.69, 9.17) is 44.3 Å². The largest absolute Gasteiger partial charge is 0.456 e. The van der Waals surface area contributed by atoms with Crippen molar-refractivity contribution >= 4 is 153 Å². The number of aromatic nitrogens is 11. The van der Waals surface area contributed by atoms with Gasteiger partial charge < -0.3 is 8.98 Å². The molecular weight excluding hydrogens is 1150 g/mol. The molecule has 13 aromatic carbocycles. The number of rotatable bonds is 6. The Balaban J connectivity index is 0.759. The van der Waals surface area contributed by atoms with Crippen LogP contribution in [-0.4, -0.2) is 53.6 Å². The number of furan rings is 1. The van der Waals surface area contributed by atoms with Crippen molar-refractivity contribution in [2.45, 2.75) is 0 Å². The predicted molar refractivity (Wildman–Crippen MR) is 380 cm³/mol. The van der Waals surface area contributed by atoms with Gasteiger partial charge in [0.2, 0.25) is 11.9 Å². The van der Waals surface area contributed by atoms with E-state index in [1.807, 2.05) is 97.6 Å². The van der Waals surface area contributed by atoms with Gasteiger partial charge in [-0.25, -0.2) is 39.9 Å². The van der Waals surface area contributed by atoms with Crippen LogP contribution in [0.3, 0.4) is 0 Å². The molecule has 8 aromatic heterocycles. The molecule has 12 nitrogen and oxygen atoms in total. The molecule has 0 unspecified atom stereocenters. The van der Waals surface area contributed by atoms with Gasteiger partial charge >= 0.3 is 0 Å². The molecule has 0 saturated carbocycles. The molecule has 0 N–H and O–H groups in total. The van der Waals surface area contributed by atoms with Gasteiger partial charge in [-0.05, 0) is 99.4 Å². The average Bonchev–Trinajstić information content (AvgIpc) is 1.44. The highest BCUT2D eigenvalue weighted by Crippen LogP contribution is 2.45. The van der Waals surface area contributed by atoms with Gasteiger partial charge in [0.1, 0.15) is 33.2 Å². The number of nitrogens with zero attached hydrogens (tertiary/aromatic N) is 11. The van der Waals surface area contributed by atoms with Crippen molar-refractivity contribution in [3.05, 3.63) is 274 Å². The van der Waals surface area contributed by atoms with Crippen molar-refractivity contribution in [2.75, 3.05) is 0 Å². The zero-order valence-electron chi connectivity index (χ0n) is 49.8. The van der Waals surface area contributed by atoms with E-state index in [-0.39, 0.29) is 0 Å². The summed E-state index contributed by atoms with van der Waals surface area (Å²) >= 11 is 0. The van der Waals surface area contributed by atoms with E-state index in [1.165, 1.54) is 0 Å². The minimum atomic E-state index is 0.536. The minimum Gasteiger partial charge on any atom is -0.456 e. The highest BCUT2D eigenvalue weighted by molar-refractivity contribution is 6.26. The van der Waals surface area contributed by atoms with Crippen molar-refractivity contribution in [1.29, 1.82) is 0 Å². The fourth-order valence-electron chi connectivity index (χ4n) is 15.0. The first kappa shape index (κ1) is 50.8. The van der Waals surface area contributed by atoms with Gasteiger partial charge in [0.15, 0.2) is 11.6 Å². The molecule has 21 aromatic rings. The Morgan fingerprint density at radius 3 is 1.24 bits per heavy atom. The SMILES string of the molecule is c1ccc(-c2ncc3c4cc(-c5ccc6c(c5)c5cc7c8ccccc8n(-c8ncc9c%10ccccc%10c%10cnc(-c%11ccccc%11)nc%10c9n8)c7cc5n6-c5ccccc5)ccc4c4cnc(-n5c6ccccc6c6cc7c(cc65)oc5ccccc57)nc4c3n2)cc1. The lowest BCUT2D eigenvalue weighted by Gasteiger charge is -2.13. The Kier molecular flexibility index (Phi) is 10.4. The molecule has 12 heteroatoms. The third kappa shape index (κ3) is 7.26. The smallest absolute Gasteiger partial charge is 0.235 e. The van der Waals surface area contributed by atoms with Crippen LogP contribution in [-0.2, 0) is 0 Å². The van der Waals surface area contributed by atoms with Gasteiger partial charge in [0, 0.05) is 112 Å². The summed E-state index contributed by atoms with van der Waals surface area (Å²) in [5, 5.41) is 16.5. The lowest BCUT2D eigenvalue weighted by Crippen LogP contribution is -2.03. The first-order valence-corrected chi connectivity index (χ1v) is 31.4. The zero-order valence-corrected chi connectivity index (χ0v) is 49.8. The quantitative estimate of drug-likeness (QED) is 0.149. The van der Waals surface area contributed by atoms with Crippen molar-refractivity contribution in [1.82, 2.24) is 53.6 Å². The molecule has 0 aliphatic heterocycles. The van der Waals surface area contributed by atoms with E-state index in [9.17, 15) is 0 Å². The second-order valence-electron chi connectivity index (χ2n) is 24.3. The number of hydrogen-bond donors (Lipinski definition) is 0. The first-order chi connectivity index (χ1) is 46.6. The molecule has 0 amide bonds. The molecule has 0 aliphatic carbocycles. The van der Waals surface area contributed by atoms with Crippen molar-refractivity contribution < 1.29 is 4.42 Å². The third-order valence-corrected chi connectivity index (χ3v) is 19.2. The molecule has 0 saturated heterocycles. The highest BCUT2D eigenvalue weighted by atomic mass is 16.3. The second-order valence-corrected chi connectivity index (χ2v) is 24.3. The van der Waals surface area contributed by atoms with Gasteiger partial charge in [-0.2, -0.15) is 0 Å². The monoisotopic (exact) mass is 1200 g/mol. The van der Waals surface area contributed by atoms with Crippen LogP contribution in [0.2, 0.25) is 0 Å². The fourth-order valence-corrected chi connectivity index (χ4v) is 15.0. The van der Waals surface area contributed by atoms with Gasteiger partial charge in [-0.3, -0.25) is 9.13 Å². The summed E-state index contributed by atoms with van der Waals surface area (Å²) in [5.74, 6) is 2.35. The van der Waals surface area contributed by atoms with E-state index >= 15 is 0 Å². The Hall–Kier alpha value is -13.1. The van der Waals surface area contributed by atoms with Crippen LogP contribution in [0.1, 0.15) is 0 Å². The Bertz CT molecular complexity index is 6850. The summed E-state index contributed by atoms with van der Waals surface area (Å²) in [4.78, 5) is 42.2. The molecule has 21 rings (SSSR count). The van der Waals surface area contributed by atoms with Crippen LogP contribution in [0.4, 0.5) is 0 Å². The van der Waals surface area contributed by atoms with Crippen LogP contribution in [0.15, 0.2) is 278 Å². The summed E-state index contributed by atoms with van der Waals surface area (Å²) in [6.07, 6.45) is 7.85. The lowest BCUT2D eigenvalue weighted by atomic mass is 9.95. The number of para-hydroxylation sites is 4. The molecule has 0 radical (unpaired) electrons. The Morgan fingerprint density at radius 2 is 0.638 bits per heavy atom. The minimum absolute atomic E-state index is 0.536. The summed E-state index contributed by atoms with van der Waals surface area (Å²) in [5.41, 5.74) is 15.8. The van der Waals surface area contributed by atoms with Gasteiger partial charge in [-0.15, -0.1) is 0 Å². The van der Waals surface area contributed by atoms with Gasteiger partial charge in [0.05, 0.1) is 33.1 Å². The number of fused-ring (bicyclic) bond motifs is 24. The lowest BCUT2D eigenvalue weighted by molar-refractivity contribution is 0.669. The topological polar surface area (TPSA) is 131 Å². The predicted octanol–water partition coefficient (Wildman–Crippen LogP) is 20.0. The Morgan fingerprint density at radius 1 is 0.223 bits per heavy atom. The van der Waals surface area contributed by atoms with E-state index < -0.39 is 0 Å². The third-order valence-electron chi connectivity index (χ3n) is 19.2. The number of hydrogen-bond acceptors (Lipinski definition) is 9. The molecule has 0 atom stereocenters. The van der Waals surface area contributed by atoms with Crippen LogP contribution >= 0.6 is 0 Å². The molecule has 0 fully saturated rings. The number of benzene rings is 13. The van der Waals surface area contributed by atoms with Crippen LogP contribution in [0, 0.1) is 0 Å². The second kappa shape index (κ2) is 19.2. The molecule has 0 aliphatic rings. The summed E-state index contributed by atoms with van der Waals surface area (Å²) in [6.45, 7) is 0. The highest BCUT2D eigenvalue weighted by Gasteiger charge is 2.25. The van der Waals surface area contributed by atoms with Crippen molar-refractivity contribution in [3.63, 3.8) is 0 Å². The first-order valence-electron chi connectivity index (χ1n) is 31.4. The van der Waals surface area contributed by atoms with Crippen molar-refractivity contribution in [2.24, 2.45) is 0 Å². The molecule has 94 heavy (non-hydrogen) atoms. The van der Waals surface area contributed by atoms with E-state index in [1.54, 1.807) is 0 Å². The molecule has 0 spiro atoms. The summed E-state index contributed by atoms with van der Waals surface area (Å²) < 4.78 is 13.2. The molecule has 0 bridgehead atoms. The fraction of sp³-hybridized carbons (Fsp3) is 0. The van der Waals surface area contributed by atoms with Crippen LogP contribution in [0.5, 0.6) is 0 Å². The molecule has 434 valence electrons. The standard InChI is InChI=1S/C82H45N11O/c1-4-18-46(19-5-1)79-83-42-63-51-24-10-11-25-52(51)64-44-85-81(89-77(64)75(63)87-79)92-67-29-15-12-26-54(67)59-38-61-58-37-49(33-35-69(58)91(70(61)40-71(59)92)50-22-8-3-9-23-50)48-32-34-53-57(36-48)66-43-84-80(47-20-6-2-7-21-47)88-76(66)78-65(53)45-86-82(90-78)93-68-30-16-13-27-55(68)60-39-62-56-28-14-17-31-73(56)94-74(62)41-72(60)93/h1-45H. The van der Waals surface area contributed by atoms with Gasteiger partial charge in [0.25, 0.3) is 0 Å². The van der Waals surface area contributed by atoms with Crippen LogP contribution < -0.4 is 0 Å². The molecular formula is C82H45N11O. The van der Waals surface area contributed by atoms with E-state index in [0.717, 1.165) is 180 Å². The van der Waals surface area contributed by atoms with Crippen molar-refractivity contribution in [3.8, 4) is 51.5 Å². The summed E-state index contributed by atoms with van der Waals surface area (Å²) in [7, 11) is 0. The maximum Gasteiger partial charge on any atom is 0.235 e. The normalized spacial score (nSPS) is 12.3. The van der Waals surface area contributed by atoms with Crippen LogP contribution in [0.25, 0.3) is 204 Å². The maximum absolute atomic E-state index is 6.48. The summed E-state index contributed by atoms with van der Waals surface area (Å²) in [6, 6.07) is 87.2. The van der Waals surface area contributed by atoms with E-state index in [0.29, 0.717) is 23.5 Å². The maximum atomic E-state index is 6.48.